The molecule has 0 spiro atoms. The number of hydrogen-bond donors (Lipinski definition) is 0. The minimum atomic E-state index is -0.563. The maximum absolute atomic E-state index is 12.9. The second-order valence-corrected chi connectivity index (χ2v) is 6.89. The SMILES string of the molecule is C=CCN(CC=C)C(=O)COC(=O)c1cc(-c2ccc(C)cc2)nc2ccccc12. The minimum absolute atomic E-state index is 0.305. The lowest BCUT2D eigenvalue weighted by Crippen LogP contribution is -2.35. The predicted octanol–water partition coefficient (Wildman–Crippen LogP) is 4.57. The largest absolute Gasteiger partial charge is 0.452 e. The third-order valence-corrected chi connectivity index (χ3v) is 4.66. The molecule has 2 aromatic carbocycles. The van der Waals surface area contributed by atoms with Crippen LogP contribution in [0.15, 0.2) is 79.9 Å². The fraction of sp³-hybridized carbons (Fsp3) is 0.160. The summed E-state index contributed by atoms with van der Waals surface area (Å²) in [4.78, 5) is 31.5. The highest BCUT2D eigenvalue weighted by Crippen LogP contribution is 2.25. The molecule has 1 heterocycles. The van der Waals surface area contributed by atoms with E-state index in [1.54, 1.807) is 18.2 Å². The molecule has 1 aromatic heterocycles. The molecule has 0 unspecified atom stereocenters. The number of fused-ring (bicyclic) bond motifs is 1. The first-order chi connectivity index (χ1) is 14.5. The number of rotatable bonds is 8. The Bertz CT molecular complexity index is 1080. The lowest BCUT2D eigenvalue weighted by Gasteiger charge is -2.19. The van der Waals surface area contributed by atoms with Crippen LogP contribution in [-0.2, 0) is 9.53 Å². The Balaban J connectivity index is 1.89. The summed E-state index contributed by atoms with van der Waals surface area (Å²) in [5, 5.41) is 0.680. The number of ether oxygens (including phenoxy) is 1. The molecule has 0 aliphatic heterocycles. The Labute approximate surface area is 176 Å². The van der Waals surface area contributed by atoms with Crippen molar-refractivity contribution in [2.24, 2.45) is 0 Å². The Hall–Kier alpha value is -3.73. The van der Waals surface area contributed by atoms with Crippen molar-refractivity contribution in [3.8, 4) is 11.3 Å². The first-order valence-corrected chi connectivity index (χ1v) is 9.67. The summed E-state index contributed by atoms with van der Waals surface area (Å²) in [6.07, 6.45) is 3.24. The lowest BCUT2D eigenvalue weighted by atomic mass is 10.0. The number of aryl methyl sites for hydroxylation is 1. The van der Waals surface area contributed by atoms with Gasteiger partial charge in [-0.25, -0.2) is 9.78 Å². The van der Waals surface area contributed by atoms with E-state index in [2.05, 4.69) is 18.1 Å². The maximum Gasteiger partial charge on any atom is 0.339 e. The normalized spacial score (nSPS) is 10.4. The average molecular weight is 400 g/mol. The Morgan fingerprint density at radius 3 is 2.37 bits per heavy atom. The van der Waals surface area contributed by atoms with Gasteiger partial charge in [0.2, 0.25) is 0 Å². The molecule has 152 valence electrons. The molecule has 0 radical (unpaired) electrons. The molecule has 3 aromatic rings. The van der Waals surface area contributed by atoms with E-state index < -0.39 is 5.97 Å². The molecule has 0 fully saturated rings. The average Bonchev–Trinajstić information content (AvgIpc) is 2.76. The molecule has 0 aliphatic rings. The highest BCUT2D eigenvalue weighted by molar-refractivity contribution is 6.05. The third-order valence-electron chi connectivity index (χ3n) is 4.66. The monoisotopic (exact) mass is 400 g/mol. The van der Waals surface area contributed by atoms with E-state index in [-0.39, 0.29) is 12.5 Å². The standard InChI is InChI=1S/C25H24N2O3/c1-4-14-27(15-5-2)24(28)17-30-25(29)21-16-23(19-12-10-18(3)11-13-19)26-22-9-7-6-8-20(21)22/h4-13,16H,1-2,14-15,17H2,3H3. The molecular formula is C25H24N2O3. The zero-order valence-electron chi connectivity index (χ0n) is 17.0. The Kier molecular flexibility index (Phi) is 6.75. The van der Waals surface area contributed by atoms with Crippen LogP contribution in [0, 0.1) is 6.92 Å². The number of pyridine rings is 1. The molecular weight excluding hydrogens is 376 g/mol. The molecule has 0 atom stereocenters. The van der Waals surface area contributed by atoms with Gasteiger partial charge in [0.05, 0.1) is 16.8 Å². The van der Waals surface area contributed by atoms with Crippen molar-refractivity contribution in [2.75, 3.05) is 19.7 Å². The fourth-order valence-corrected chi connectivity index (χ4v) is 3.10. The van der Waals surface area contributed by atoms with E-state index in [0.29, 0.717) is 35.2 Å². The van der Waals surface area contributed by atoms with Gasteiger partial charge >= 0.3 is 5.97 Å². The van der Waals surface area contributed by atoms with Gasteiger partial charge in [-0.3, -0.25) is 4.79 Å². The number of benzene rings is 2. The van der Waals surface area contributed by atoms with E-state index in [4.69, 9.17) is 4.74 Å². The van der Waals surface area contributed by atoms with E-state index >= 15 is 0 Å². The van der Waals surface area contributed by atoms with Gasteiger partial charge in [-0.1, -0.05) is 60.2 Å². The van der Waals surface area contributed by atoms with Crippen molar-refractivity contribution in [1.29, 1.82) is 0 Å². The summed E-state index contributed by atoms with van der Waals surface area (Å²) >= 11 is 0. The van der Waals surface area contributed by atoms with Gasteiger partial charge in [0, 0.05) is 24.0 Å². The van der Waals surface area contributed by atoms with Crippen molar-refractivity contribution in [2.45, 2.75) is 6.92 Å². The summed E-state index contributed by atoms with van der Waals surface area (Å²) in [5.74, 6) is -0.868. The topological polar surface area (TPSA) is 59.5 Å². The molecule has 5 heteroatoms. The number of aromatic nitrogens is 1. The summed E-state index contributed by atoms with van der Waals surface area (Å²) < 4.78 is 5.36. The van der Waals surface area contributed by atoms with Crippen molar-refractivity contribution in [1.82, 2.24) is 9.88 Å². The Morgan fingerprint density at radius 2 is 1.70 bits per heavy atom. The van der Waals surface area contributed by atoms with Crippen LogP contribution in [0.3, 0.4) is 0 Å². The number of para-hydroxylation sites is 1. The fourth-order valence-electron chi connectivity index (χ4n) is 3.10. The van der Waals surface area contributed by atoms with Crippen molar-refractivity contribution in [3.63, 3.8) is 0 Å². The van der Waals surface area contributed by atoms with Crippen LogP contribution in [0.5, 0.6) is 0 Å². The van der Waals surface area contributed by atoms with Gasteiger partial charge in [-0.05, 0) is 19.1 Å². The van der Waals surface area contributed by atoms with Crippen molar-refractivity contribution < 1.29 is 14.3 Å². The van der Waals surface area contributed by atoms with Gasteiger partial charge in [-0.15, -0.1) is 13.2 Å². The summed E-state index contributed by atoms with van der Waals surface area (Å²) in [7, 11) is 0. The zero-order valence-corrected chi connectivity index (χ0v) is 17.0. The summed E-state index contributed by atoms with van der Waals surface area (Å²) in [5.41, 5.74) is 3.78. The first kappa shape index (κ1) is 21.0. The second kappa shape index (κ2) is 9.65. The van der Waals surface area contributed by atoms with Gasteiger partial charge in [0.25, 0.3) is 5.91 Å². The van der Waals surface area contributed by atoms with Gasteiger partial charge in [-0.2, -0.15) is 0 Å². The minimum Gasteiger partial charge on any atom is -0.452 e. The highest BCUT2D eigenvalue weighted by Gasteiger charge is 2.18. The van der Waals surface area contributed by atoms with Crippen LogP contribution in [0.2, 0.25) is 0 Å². The quantitative estimate of drug-likeness (QED) is 0.411. The molecule has 1 amide bonds. The maximum atomic E-state index is 12.9. The van der Waals surface area contributed by atoms with Crippen LogP contribution in [0.25, 0.3) is 22.2 Å². The van der Waals surface area contributed by atoms with Gasteiger partial charge in [0.15, 0.2) is 6.61 Å². The van der Waals surface area contributed by atoms with E-state index in [0.717, 1.165) is 11.1 Å². The van der Waals surface area contributed by atoms with Gasteiger partial charge < -0.3 is 9.64 Å². The summed E-state index contributed by atoms with van der Waals surface area (Å²) in [6, 6.07) is 17.0. The highest BCUT2D eigenvalue weighted by atomic mass is 16.5. The molecule has 30 heavy (non-hydrogen) atoms. The number of amides is 1. The van der Waals surface area contributed by atoms with Crippen molar-refractivity contribution in [3.05, 3.63) is 91.0 Å². The Morgan fingerprint density at radius 1 is 1.03 bits per heavy atom. The van der Waals surface area contributed by atoms with Crippen LogP contribution >= 0.6 is 0 Å². The number of esters is 1. The molecule has 0 aliphatic carbocycles. The van der Waals surface area contributed by atoms with Crippen LogP contribution in [-0.4, -0.2) is 41.5 Å². The van der Waals surface area contributed by atoms with Crippen LogP contribution in [0.1, 0.15) is 15.9 Å². The second-order valence-electron chi connectivity index (χ2n) is 6.89. The molecule has 5 nitrogen and oxygen atoms in total. The third kappa shape index (κ3) is 4.81. The predicted molar refractivity (Wildman–Crippen MR) is 119 cm³/mol. The number of carbonyl (C=O) groups is 2. The molecule has 3 rings (SSSR count). The molecule has 0 bridgehead atoms. The van der Waals surface area contributed by atoms with Crippen LogP contribution in [0.4, 0.5) is 0 Å². The van der Waals surface area contributed by atoms with E-state index in [1.807, 2.05) is 55.5 Å². The van der Waals surface area contributed by atoms with Gasteiger partial charge in [0.1, 0.15) is 0 Å². The smallest absolute Gasteiger partial charge is 0.339 e. The first-order valence-electron chi connectivity index (χ1n) is 9.67. The number of hydrogen-bond acceptors (Lipinski definition) is 4. The van der Waals surface area contributed by atoms with E-state index in [1.165, 1.54) is 4.90 Å². The zero-order chi connectivity index (χ0) is 21.5. The van der Waals surface area contributed by atoms with Crippen molar-refractivity contribution >= 4 is 22.8 Å². The number of carbonyl (C=O) groups excluding carboxylic acids is 2. The number of nitrogens with zero attached hydrogens (tertiary/aromatic N) is 2. The van der Waals surface area contributed by atoms with Crippen LogP contribution < -0.4 is 0 Å². The lowest BCUT2D eigenvalue weighted by molar-refractivity contribution is -0.133. The molecule has 0 saturated heterocycles. The van der Waals surface area contributed by atoms with E-state index in [9.17, 15) is 9.59 Å². The molecule has 0 N–H and O–H groups in total. The molecule has 0 saturated carbocycles. The summed E-state index contributed by atoms with van der Waals surface area (Å²) in [6.45, 7) is 9.67.